The Morgan fingerprint density at radius 1 is 1.05 bits per heavy atom. The van der Waals surface area contributed by atoms with Crippen molar-refractivity contribution in [2.45, 2.75) is 76.9 Å². The second-order valence-electron chi connectivity index (χ2n) is 7.48. The van der Waals surface area contributed by atoms with E-state index in [0.717, 1.165) is 19.7 Å². The molecular formula is C17H34N2O. The Kier molecular flexibility index (Phi) is 5.49. The first-order valence-electron chi connectivity index (χ1n) is 8.55. The van der Waals surface area contributed by atoms with E-state index in [0.29, 0.717) is 11.5 Å². The summed E-state index contributed by atoms with van der Waals surface area (Å²) in [5.74, 6) is 0. The van der Waals surface area contributed by atoms with Gasteiger partial charge >= 0.3 is 0 Å². The van der Waals surface area contributed by atoms with Gasteiger partial charge in [0, 0.05) is 18.6 Å². The standard InChI is InChI=1S/C17H34N2O/c1-15(2)20-13-12-19(3)17(14-18)10-8-16(9-11-17)6-4-5-7-16/h15H,4-14,18H2,1-3H3. The van der Waals surface area contributed by atoms with Crippen LogP contribution < -0.4 is 5.73 Å². The first-order valence-corrected chi connectivity index (χ1v) is 8.55. The van der Waals surface area contributed by atoms with Crippen LogP contribution in [-0.2, 0) is 4.74 Å². The molecule has 2 aliphatic carbocycles. The van der Waals surface area contributed by atoms with Crippen molar-refractivity contribution in [3.8, 4) is 0 Å². The minimum atomic E-state index is 0.230. The molecule has 1 spiro atoms. The molecule has 3 heteroatoms. The smallest absolute Gasteiger partial charge is 0.0597 e. The van der Waals surface area contributed by atoms with Crippen LogP contribution in [0.15, 0.2) is 0 Å². The van der Waals surface area contributed by atoms with E-state index >= 15 is 0 Å². The lowest BCUT2D eigenvalue weighted by Gasteiger charge is -2.49. The van der Waals surface area contributed by atoms with E-state index in [1.54, 1.807) is 0 Å². The Bertz CT molecular complexity index is 287. The van der Waals surface area contributed by atoms with E-state index < -0.39 is 0 Å². The van der Waals surface area contributed by atoms with Crippen molar-refractivity contribution >= 4 is 0 Å². The van der Waals surface area contributed by atoms with Crippen molar-refractivity contribution in [2.24, 2.45) is 11.1 Å². The third-order valence-electron chi connectivity index (χ3n) is 5.97. The molecule has 0 atom stereocenters. The second-order valence-corrected chi connectivity index (χ2v) is 7.48. The van der Waals surface area contributed by atoms with Gasteiger partial charge < -0.3 is 10.5 Å². The fraction of sp³-hybridized carbons (Fsp3) is 1.00. The molecular weight excluding hydrogens is 248 g/mol. The first-order chi connectivity index (χ1) is 9.52. The van der Waals surface area contributed by atoms with Crippen LogP contribution in [-0.4, -0.2) is 43.3 Å². The van der Waals surface area contributed by atoms with Gasteiger partial charge in [-0.05, 0) is 64.8 Å². The van der Waals surface area contributed by atoms with E-state index in [2.05, 4.69) is 25.8 Å². The van der Waals surface area contributed by atoms with Gasteiger partial charge in [-0.15, -0.1) is 0 Å². The van der Waals surface area contributed by atoms with Crippen LogP contribution in [0.25, 0.3) is 0 Å². The molecule has 118 valence electrons. The van der Waals surface area contributed by atoms with Crippen LogP contribution in [0.1, 0.15) is 65.2 Å². The summed E-state index contributed by atoms with van der Waals surface area (Å²) in [4.78, 5) is 2.48. The van der Waals surface area contributed by atoms with Gasteiger partial charge in [-0.25, -0.2) is 0 Å². The summed E-state index contributed by atoms with van der Waals surface area (Å²) in [6.45, 7) is 6.82. The van der Waals surface area contributed by atoms with Gasteiger partial charge in [-0.1, -0.05) is 12.8 Å². The van der Waals surface area contributed by atoms with Crippen LogP contribution in [0.3, 0.4) is 0 Å². The predicted octanol–water partition coefficient (Wildman–Crippen LogP) is 3.18. The summed E-state index contributed by atoms with van der Waals surface area (Å²) in [5.41, 5.74) is 7.09. The Morgan fingerprint density at radius 3 is 2.15 bits per heavy atom. The minimum Gasteiger partial charge on any atom is -0.377 e. The van der Waals surface area contributed by atoms with Gasteiger partial charge in [-0.2, -0.15) is 0 Å². The molecule has 0 aromatic carbocycles. The van der Waals surface area contributed by atoms with E-state index in [1.165, 1.54) is 51.4 Å². The van der Waals surface area contributed by atoms with Crippen LogP contribution in [0.5, 0.6) is 0 Å². The quantitative estimate of drug-likeness (QED) is 0.813. The molecule has 3 nitrogen and oxygen atoms in total. The minimum absolute atomic E-state index is 0.230. The summed E-state index contributed by atoms with van der Waals surface area (Å²) in [5, 5.41) is 0. The normalized spacial score (nSPS) is 24.9. The SMILES string of the molecule is CC(C)OCCN(C)C1(CN)CCC2(CCCC2)CC1. The number of nitrogens with two attached hydrogens (primary N) is 1. The molecule has 0 amide bonds. The van der Waals surface area contributed by atoms with Crippen LogP contribution >= 0.6 is 0 Å². The molecule has 0 aliphatic heterocycles. The number of likely N-dealkylation sites (N-methyl/N-ethyl adjacent to an activating group) is 1. The first kappa shape index (κ1) is 16.3. The lowest BCUT2D eigenvalue weighted by molar-refractivity contribution is -0.000118. The van der Waals surface area contributed by atoms with Gasteiger partial charge in [0.15, 0.2) is 0 Å². The van der Waals surface area contributed by atoms with Crippen LogP contribution in [0.2, 0.25) is 0 Å². The second kappa shape index (κ2) is 6.76. The third kappa shape index (κ3) is 3.55. The lowest BCUT2D eigenvalue weighted by atomic mass is 9.66. The van der Waals surface area contributed by atoms with Crippen LogP contribution in [0.4, 0.5) is 0 Å². The molecule has 0 heterocycles. The lowest BCUT2D eigenvalue weighted by Crippen LogP contribution is -2.56. The van der Waals surface area contributed by atoms with Gasteiger partial charge in [0.05, 0.1) is 12.7 Å². The Hall–Kier alpha value is -0.120. The highest BCUT2D eigenvalue weighted by molar-refractivity contribution is 5.00. The molecule has 0 saturated heterocycles. The maximum absolute atomic E-state index is 6.18. The molecule has 2 N–H and O–H groups in total. The summed E-state index contributed by atoms with van der Waals surface area (Å²) < 4.78 is 5.70. The molecule has 20 heavy (non-hydrogen) atoms. The van der Waals surface area contributed by atoms with E-state index in [-0.39, 0.29) is 5.54 Å². The fourth-order valence-electron chi connectivity index (χ4n) is 4.27. The molecule has 0 bridgehead atoms. The number of hydrogen-bond acceptors (Lipinski definition) is 3. The number of nitrogens with zero attached hydrogens (tertiary/aromatic N) is 1. The summed E-state index contributed by atoms with van der Waals surface area (Å²) >= 11 is 0. The van der Waals surface area contributed by atoms with E-state index in [4.69, 9.17) is 10.5 Å². The molecule has 0 aromatic rings. The average molecular weight is 282 g/mol. The van der Waals surface area contributed by atoms with Crippen molar-refractivity contribution in [3.63, 3.8) is 0 Å². The fourth-order valence-corrected chi connectivity index (χ4v) is 4.27. The molecule has 0 unspecified atom stereocenters. The zero-order valence-electron chi connectivity index (χ0n) is 13.8. The Balaban J connectivity index is 1.87. The zero-order chi connectivity index (χ0) is 14.6. The topological polar surface area (TPSA) is 38.5 Å². The molecule has 2 saturated carbocycles. The van der Waals surface area contributed by atoms with Crippen molar-refractivity contribution in [1.29, 1.82) is 0 Å². The number of ether oxygens (including phenoxy) is 1. The van der Waals surface area contributed by atoms with Gasteiger partial charge in [-0.3, -0.25) is 4.90 Å². The Labute approximate surface area is 125 Å². The van der Waals surface area contributed by atoms with Crippen molar-refractivity contribution < 1.29 is 4.74 Å². The molecule has 2 rings (SSSR count). The van der Waals surface area contributed by atoms with Gasteiger partial charge in [0.1, 0.15) is 0 Å². The molecule has 2 aliphatic rings. The van der Waals surface area contributed by atoms with Crippen molar-refractivity contribution in [1.82, 2.24) is 4.90 Å². The van der Waals surface area contributed by atoms with Crippen molar-refractivity contribution in [3.05, 3.63) is 0 Å². The average Bonchev–Trinajstić information content (AvgIpc) is 2.88. The monoisotopic (exact) mass is 282 g/mol. The van der Waals surface area contributed by atoms with Crippen molar-refractivity contribution in [2.75, 3.05) is 26.7 Å². The van der Waals surface area contributed by atoms with E-state index in [1.807, 2.05) is 0 Å². The van der Waals surface area contributed by atoms with Crippen LogP contribution in [0, 0.1) is 5.41 Å². The van der Waals surface area contributed by atoms with E-state index in [9.17, 15) is 0 Å². The number of rotatable bonds is 6. The number of hydrogen-bond donors (Lipinski definition) is 1. The maximum atomic E-state index is 6.18. The highest BCUT2D eigenvalue weighted by Crippen LogP contribution is 2.52. The highest BCUT2D eigenvalue weighted by Gasteiger charge is 2.44. The molecule has 0 radical (unpaired) electrons. The predicted molar refractivity (Wildman–Crippen MR) is 84.9 cm³/mol. The largest absolute Gasteiger partial charge is 0.377 e. The van der Waals surface area contributed by atoms with Gasteiger partial charge in [0.2, 0.25) is 0 Å². The molecule has 2 fully saturated rings. The van der Waals surface area contributed by atoms with Gasteiger partial charge in [0.25, 0.3) is 0 Å². The maximum Gasteiger partial charge on any atom is 0.0597 e. The molecule has 0 aromatic heterocycles. The Morgan fingerprint density at radius 2 is 1.65 bits per heavy atom. The third-order valence-corrected chi connectivity index (χ3v) is 5.97. The summed E-state index contributed by atoms with van der Waals surface area (Å²) in [6.07, 6.45) is 11.5. The summed E-state index contributed by atoms with van der Waals surface area (Å²) in [6, 6.07) is 0. The zero-order valence-corrected chi connectivity index (χ0v) is 13.8. The highest BCUT2D eigenvalue weighted by atomic mass is 16.5. The summed E-state index contributed by atoms with van der Waals surface area (Å²) in [7, 11) is 2.24.